The van der Waals surface area contributed by atoms with Gasteiger partial charge < -0.3 is 14.6 Å². The molecule has 6 nitrogen and oxygen atoms in total. The smallest absolute Gasteiger partial charge is 0.263 e. The van der Waals surface area contributed by atoms with E-state index in [4.69, 9.17) is 16.3 Å². The lowest BCUT2D eigenvalue weighted by molar-refractivity contribution is -0.138. The molecule has 1 amide bonds. The third kappa shape index (κ3) is 4.72. The fourth-order valence-corrected chi connectivity index (χ4v) is 3.22. The van der Waals surface area contributed by atoms with Crippen LogP contribution in [0, 0.1) is 0 Å². The second kappa shape index (κ2) is 8.75. The fourth-order valence-electron chi connectivity index (χ4n) is 2.79. The molecule has 3 rings (SSSR count). The van der Waals surface area contributed by atoms with Crippen molar-refractivity contribution in [1.82, 2.24) is 14.9 Å². The van der Waals surface area contributed by atoms with Crippen molar-refractivity contribution in [1.29, 1.82) is 0 Å². The molecule has 146 valence electrons. The van der Waals surface area contributed by atoms with Gasteiger partial charge in [0.15, 0.2) is 6.10 Å². The van der Waals surface area contributed by atoms with Gasteiger partial charge in [0.2, 0.25) is 0 Å². The van der Waals surface area contributed by atoms with Crippen LogP contribution in [0.5, 0.6) is 5.75 Å². The molecule has 0 fully saturated rings. The van der Waals surface area contributed by atoms with Crippen molar-refractivity contribution in [3.8, 4) is 5.75 Å². The van der Waals surface area contributed by atoms with Crippen molar-refractivity contribution >= 4 is 44.3 Å². The highest BCUT2D eigenvalue weighted by atomic mass is 79.9. The van der Waals surface area contributed by atoms with Gasteiger partial charge in [0, 0.05) is 16.0 Å². The van der Waals surface area contributed by atoms with E-state index >= 15 is 0 Å². The molecule has 8 heteroatoms. The van der Waals surface area contributed by atoms with Crippen LogP contribution in [-0.4, -0.2) is 33.4 Å². The lowest BCUT2D eigenvalue weighted by Gasteiger charge is -2.24. The van der Waals surface area contributed by atoms with E-state index in [0.29, 0.717) is 34.0 Å². The van der Waals surface area contributed by atoms with Crippen LogP contribution in [0.2, 0.25) is 5.02 Å². The summed E-state index contributed by atoms with van der Waals surface area (Å²) in [5, 5.41) is 0.950. The van der Waals surface area contributed by atoms with Gasteiger partial charge in [0.1, 0.15) is 11.6 Å². The molecule has 1 aromatic heterocycles. The van der Waals surface area contributed by atoms with Crippen molar-refractivity contribution in [2.45, 2.75) is 26.5 Å². The first-order valence-corrected chi connectivity index (χ1v) is 9.94. The van der Waals surface area contributed by atoms with Gasteiger partial charge in [0.25, 0.3) is 11.5 Å². The van der Waals surface area contributed by atoms with Gasteiger partial charge in [-0.05, 0) is 56.3 Å². The summed E-state index contributed by atoms with van der Waals surface area (Å²) in [5.74, 6) is 0.803. The Labute approximate surface area is 175 Å². The maximum absolute atomic E-state index is 12.8. The maximum Gasteiger partial charge on any atom is 0.263 e. The Morgan fingerprint density at radius 3 is 2.68 bits per heavy atom. The summed E-state index contributed by atoms with van der Waals surface area (Å²) in [7, 11) is 0. The number of benzene rings is 2. The average Bonchev–Trinajstić information content (AvgIpc) is 2.67. The number of rotatable bonds is 6. The Kier molecular flexibility index (Phi) is 6.36. The summed E-state index contributed by atoms with van der Waals surface area (Å²) < 4.78 is 6.67. The number of fused-ring (bicyclic) bond motifs is 1. The average molecular weight is 465 g/mol. The van der Waals surface area contributed by atoms with Gasteiger partial charge in [0.05, 0.1) is 17.4 Å². The second-order valence-electron chi connectivity index (χ2n) is 6.24. The molecule has 0 saturated heterocycles. The van der Waals surface area contributed by atoms with Crippen LogP contribution in [0.4, 0.5) is 0 Å². The summed E-state index contributed by atoms with van der Waals surface area (Å²) in [6, 6.07) is 12.2. The van der Waals surface area contributed by atoms with Gasteiger partial charge in [-0.2, -0.15) is 0 Å². The number of nitrogens with zero attached hydrogens (tertiary/aromatic N) is 2. The third-order valence-electron chi connectivity index (χ3n) is 4.23. The van der Waals surface area contributed by atoms with Gasteiger partial charge in [-0.15, -0.1) is 0 Å². The molecule has 28 heavy (non-hydrogen) atoms. The van der Waals surface area contributed by atoms with Crippen LogP contribution in [0.15, 0.2) is 51.7 Å². The molecule has 0 aliphatic heterocycles. The summed E-state index contributed by atoms with van der Waals surface area (Å²) in [4.78, 5) is 33.8. The second-order valence-corrected chi connectivity index (χ2v) is 7.59. The molecular weight excluding hydrogens is 446 g/mol. The number of hydrogen-bond donors (Lipinski definition) is 1. The molecule has 0 aliphatic rings. The molecule has 0 radical (unpaired) electrons. The van der Waals surface area contributed by atoms with E-state index in [1.807, 2.05) is 19.1 Å². The number of nitrogens with one attached hydrogen (secondary N) is 1. The number of aromatic amines is 1. The first-order valence-electron chi connectivity index (χ1n) is 8.77. The fraction of sp³-hybridized carbons (Fsp3) is 0.250. The number of hydrogen-bond acceptors (Lipinski definition) is 4. The van der Waals surface area contributed by atoms with Crippen molar-refractivity contribution < 1.29 is 9.53 Å². The monoisotopic (exact) mass is 463 g/mol. The first-order chi connectivity index (χ1) is 13.4. The van der Waals surface area contributed by atoms with Gasteiger partial charge >= 0.3 is 0 Å². The molecular formula is C20H19BrClN3O3. The zero-order chi connectivity index (χ0) is 20.3. The molecule has 1 heterocycles. The maximum atomic E-state index is 12.8. The minimum Gasteiger partial charge on any atom is -0.481 e. The summed E-state index contributed by atoms with van der Waals surface area (Å²) in [6.07, 6.45) is -0.678. The minimum absolute atomic E-state index is 0.168. The minimum atomic E-state index is -0.678. The van der Waals surface area contributed by atoms with E-state index in [2.05, 4.69) is 25.9 Å². The topological polar surface area (TPSA) is 75.3 Å². The standard InChI is InChI=1S/C20H19BrClN3O3/c1-3-25(20(27)12(2)28-15-7-4-13(21)5-8-15)11-18-23-17-10-14(22)6-9-16(17)19(26)24-18/h4-10,12H,3,11H2,1-2H3,(H,23,24,26)/t12-/m1/s1. The molecule has 0 unspecified atom stereocenters. The molecule has 0 saturated carbocycles. The van der Waals surface area contributed by atoms with E-state index in [9.17, 15) is 9.59 Å². The molecule has 2 aromatic carbocycles. The number of H-pyrrole nitrogens is 1. The van der Waals surface area contributed by atoms with E-state index in [0.717, 1.165) is 4.47 Å². The van der Waals surface area contributed by atoms with Gasteiger partial charge in [-0.25, -0.2) is 4.98 Å². The zero-order valence-electron chi connectivity index (χ0n) is 15.4. The van der Waals surface area contributed by atoms with Crippen molar-refractivity contribution in [2.24, 2.45) is 0 Å². The number of ether oxygens (including phenoxy) is 1. The van der Waals surface area contributed by atoms with Crippen LogP contribution >= 0.6 is 27.5 Å². The van der Waals surface area contributed by atoms with Crippen molar-refractivity contribution in [3.05, 3.63) is 68.1 Å². The van der Waals surface area contributed by atoms with E-state index in [1.54, 1.807) is 42.2 Å². The molecule has 0 aliphatic carbocycles. The largest absolute Gasteiger partial charge is 0.481 e. The molecule has 0 spiro atoms. The Morgan fingerprint density at radius 2 is 2.00 bits per heavy atom. The van der Waals surface area contributed by atoms with Crippen LogP contribution in [-0.2, 0) is 11.3 Å². The lowest BCUT2D eigenvalue weighted by Crippen LogP contribution is -2.40. The normalized spacial score (nSPS) is 12.0. The predicted molar refractivity (Wildman–Crippen MR) is 113 cm³/mol. The van der Waals surface area contributed by atoms with Crippen molar-refractivity contribution in [2.75, 3.05) is 6.54 Å². The highest BCUT2D eigenvalue weighted by molar-refractivity contribution is 9.10. The van der Waals surface area contributed by atoms with E-state index in [1.165, 1.54) is 0 Å². The quantitative estimate of drug-likeness (QED) is 0.594. The molecule has 1 atom stereocenters. The van der Waals surface area contributed by atoms with Crippen LogP contribution in [0.1, 0.15) is 19.7 Å². The highest BCUT2D eigenvalue weighted by Gasteiger charge is 2.22. The number of aromatic nitrogens is 2. The number of amides is 1. The number of carbonyl (C=O) groups excluding carboxylic acids is 1. The third-order valence-corrected chi connectivity index (χ3v) is 4.99. The summed E-state index contributed by atoms with van der Waals surface area (Å²) in [6.45, 7) is 4.18. The SMILES string of the molecule is CCN(Cc1nc2cc(Cl)ccc2c(=O)[nH]1)C(=O)[C@@H](C)Oc1ccc(Br)cc1. The van der Waals surface area contributed by atoms with Crippen LogP contribution < -0.4 is 10.3 Å². The number of likely N-dealkylation sites (N-methyl/N-ethyl adjacent to an activating group) is 1. The Morgan fingerprint density at radius 1 is 1.29 bits per heavy atom. The summed E-state index contributed by atoms with van der Waals surface area (Å²) >= 11 is 9.36. The van der Waals surface area contributed by atoms with E-state index < -0.39 is 6.10 Å². The predicted octanol–water partition coefficient (Wildman–Crippen LogP) is 4.16. The van der Waals surface area contributed by atoms with E-state index in [-0.39, 0.29) is 18.0 Å². The number of halogens is 2. The molecule has 0 bridgehead atoms. The Bertz CT molecular complexity index is 1050. The zero-order valence-corrected chi connectivity index (χ0v) is 17.8. The lowest BCUT2D eigenvalue weighted by atomic mass is 10.2. The van der Waals surface area contributed by atoms with Crippen LogP contribution in [0.25, 0.3) is 10.9 Å². The Hall–Kier alpha value is -2.38. The Balaban J connectivity index is 1.77. The highest BCUT2D eigenvalue weighted by Crippen LogP contribution is 2.18. The molecule has 3 aromatic rings. The van der Waals surface area contributed by atoms with Gasteiger partial charge in [-0.1, -0.05) is 27.5 Å². The molecule has 1 N–H and O–H groups in total. The van der Waals surface area contributed by atoms with Crippen LogP contribution in [0.3, 0.4) is 0 Å². The first kappa shape index (κ1) is 20.4. The number of carbonyl (C=O) groups is 1. The van der Waals surface area contributed by atoms with Crippen molar-refractivity contribution in [3.63, 3.8) is 0 Å². The summed E-state index contributed by atoms with van der Waals surface area (Å²) in [5.41, 5.74) is 0.230. The van der Waals surface area contributed by atoms with Gasteiger partial charge in [-0.3, -0.25) is 9.59 Å².